The van der Waals surface area contributed by atoms with Gasteiger partial charge in [0.05, 0.1) is 10.5 Å². The Morgan fingerprint density at radius 2 is 2.35 bits per heavy atom. The second-order valence-corrected chi connectivity index (χ2v) is 4.73. The average molecular weight is 280 g/mol. The van der Waals surface area contributed by atoms with E-state index in [0.29, 0.717) is 17.8 Å². The second-order valence-electron chi connectivity index (χ2n) is 4.73. The Balaban J connectivity index is 2.40. The van der Waals surface area contributed by atoms with E-state index in [1.54, 1.807) is 6.07 Å². The summed E-state index contributed by atoms with van der Waals surface area (Å²) in [6.45, 7) is 1.46. The van der Waals surface area contributed by atoms with Gasteiger partial charge in [0.15, 0.2) is 5.84 Å². The summed E-state index contributed by atoms with van der Waals surface area (Å²) in [5.41, 5.74) is 6.47. The van der Waals surface area contributed by atoms with Crippen molar-refractivity contribution in [2.75, 3.05) is 24.6 Å². The Kier molecular flexibility index (Phi) is 4.04. The number of aliphatic hydroxyl groups is 1. The van der Waals surface area contributed by atoms with Crippen molar-refractivity contribution in [3.63, 3.8) is 0 Å². The van der Waals surface area contributed by atoms with Crippen LogP contribution >= 0.6 is 0 Å². The molecule has 1 atom stereocenters. The number of hydrogen-bond acceptors (Lipinski definition) is 6. The molecule has 0 saturated carbocycles. The molecule has 8 nitrogen and oxygen atoms in total. The van der Waals surface area contributed by atoms with E-state index in [1.165, 1.54) is 12.1 Å². The summed E-state index contributed by atoms with van der Waals surface area (Å²) in [5.74, 6) is 0.00137. The Labute approximate surface area is 115 Å². The van der Waals surface area contributed by atoms with Crippen LogP contribution in [0.4, 0.5) is 11.4 Å². The number of nitro groups is 1. The van der Waals surface area contributed by atoms with Crippen LogP contribution in [0.3, 0.4) is 0 Å². The number of nitrogens with zero attached hydrogens (tertiary/aromatic N) is 3. The Hall–Kier alpha value is -2.35. The van der Waals surface area contributed by atoms with Crippen LogP contribution in [0.2, 0.25) is 0 Å². The summed E-state index contributed by atoms with van der Waals surface area (Å²) in [4.78, 5) is 12.3. The number of rotatable bonds is 4. The van der Waals surface area contributed by atoms with Gasteiger partial charge in [-0.05, 0) is 12.5 Å². The predicted octanol–water partition coefficient (Wildman–Crippen LogP) is 0.508. The van der Waals surface area contributed by atoms with E-state index in [1.807, 2.05) is 4.90 Å². The molecule has 1 fully saturated rings. The summed E-state index contributed by atoms with van der Waals surface area (Å²) >= 11 is 0. The highest BCUT2D eigenvalue weighted by atomic mass is 16.6. The van der Waals surface area contributed by atoms with Crippen LogP contribution in [0, 0.1) is 16.0 Å². The minimum Gasteiger partial charge on any atom is -0.409 e. The molecular weight excluding hydrogens is 264 g/mol. The third kappa shape index (κ3) is 2.64. The monoisotopic (exact) mass is 280 g/mol. The second kappa shape index (κ2) is 5.74. The lowest BCUT2D eigenvalue weighted by molar-refractivity contribution is -0.384. The zero-order valence-corrected chi connectivity index (χ0v) is 10.8. The Bertz CT molecular complexity index is 546. The van der Waals surface area contributed by atoms with Crippen molar-refractivity contribution >= 4 is 17.2 Å². The van der Waals surface area contributed by atoms with E-state index in [4.69, 9.17) is 16.0 Å². The van der Waals surface area contributed by atoms with Gasteiger partial charge < -0.3 is 20.9 Å². The summed E-state index contributed by atoms with van der Waals surface area (Å²) in [6, 6.07) is 4.26. The van der Waals surface area contributed by atoms with Gasteiger partial charge in [-0.25, -0.2) is 0 Å². The molecule has 2 rings (SSSR count). The fourth-order valence-electron chi connectivity index (χ4n) is 2.37. The standard InChI is InChI=1S/C12H16N4O4/c13-12(14-18)10-5-9(16(19)20)1-2-11(10)15-4-3-8(6-15)7-17/h1-2,5,8,17-18H,3-4,6-7H2,(H2,13,14). The van der Waals surface area contributed by atoms with Crippen LogP contribution in [0.5, 0.6) is 0 Å². The largest absolute Gasteiger partial charge is 0.409 e. The SMILES string of the molecule is N/C(=N/O)c1cc([N+](=O)[O-])ccc1N1CCC(CO)C1. The molecule has 108 valence electrons. The summed E-state index contributed by atoms with van der Waals surface area (Å²) in [7, 11) is 0. The molecule has 8 heteroatoms. The number of anilines is 1. The topological polar surface area (TPSA) is 125 Å². The fraction of sp³-hybridized carbons (Fsp3) is 0.417. The maximum Gasteiger partial charge on any atom is 0.270 e. The van der Waals surface area contributed by atoms with Crippen molar-refractivity contribution in [3.05, 3.63) is 33.9 Å². The van der Waals surface area contributed by atoms with Crippen LogP contribution in [-0.2, 0) is 0 Å². The first-order chi connectivity index (χ1) is 9.56. The molecule has 1 aromatic carbocycles. The van der Waals surface area contributed by atoms with Gasteiger partial charge in [-0.1, -0.05) is 5.16 Å². The molecule has 0 spiro atoms. The van der Waals surface area contributed by atoms with Gasteiger partial charge in [0.25, 0.3) is 5.69 Å². The minimum atomic E-state index is -0.529. The van der Waals surface area contributed by atoms with Crippen molar-refractivity contribution in [1.82, 2.24) is 0 Å². The van der Waals surface area contributed by atoms with Gasteiger partial charge >= 0.3 is 0 Å². The summed E-state index contributed by atoms with van der Waals surface area (Å²) < 4.78 is 0. The molecule has 0 aliphatic carbocycles. The van der Waals surface area contributed by atoms with E-state index >= 15 is 0 Å². The highest BCUT2D eigenvalue weighted by Gasteiger charge is 2.25. The molecule has 4 N–H and O–H groups in total. The highest BCUT2D eigenvalue weighted by Crippen LogP contribution is 2.29. The number of benzene rings is 1. The molecule has 1 saturated heterocycles. The number of hydrogen-bond donors (Lipinski definition) is 3. The summed E-state index contributed by atoms with van der Waals surface area (Å²) in [5, 5.41) is 31.7. The van der Waals surface area contributed by atoms with Gasteiger partial charge in [-0.3, -0.25) is 10.1 Å². The molecule has 0 bridgehead atoms. The number of nitro benzene ring substituents is 1. The van der Waals surface area contributed by atoms with Gasteiger partial charge in [-0.15, -0.1) is 0 Å². The molecule has 1 unspecified atom stereocenters. The quantitative estimate of drug-likeness (QED) is 0.242. The van der Waals surface area contributed by atoms with Crippen molar-refractivity contribution in [2.24, 2.45) is 16.8 Å². The highest BCUT2D eigenvalue weighted by molar-refractivity contribution is 6.02. The minimum absolute atomic E-state index is 0.0996. The predicted molar refractivity (Wildman–Crippen MR) is 73.0 cm³/mol. The lowest BCUT2D eigenvalue weighted by Crippen LogP contribution is -2.25. The lowest BCUT2D eigenvalue weighted by atomic mass is 10.1. The Morgan fingerprint density at radius 1 is 1.60 bits per heavy atom. The van der Waals surface area contributed by atoms with Gasteiger partial charge in [0, 0.05) is 43.4 Å². The zero-order chi connectivity index (χ0) is 14.7. The van der Waals surface area contributed by atoms with E-state index in [-0.39, 0.29) is 24.0 Å². The molecule has 0 amide bonds. The smallest absolute Gasteiger partial charge is 0.270 e. The molecule has 20 heavy (non-hydrogen) atoms. The van der Waals surface area contributed by atoms with E-state index in [2.05, 4.69) is 5.16 Å². The average Bonchev–Trinajstić information content (AvgIpc) is 2.94. The number of aliphatic hydroxyl groups excluding tert-OH is 1. The summed E-state index contributed by atoms with van der Waals surface area (Å²) in [6.07, 6.45) is 0.836. The number of nitrogens with two attached hydrogens (primary N) is 1. The van der Waals surface area contributed by atoms with E-state index in [9.17, 15) is 10.1 Å². The third-order valence-electron chi connectivity index (χ3n) is 3.46. The van der Waals surface area contributed by atoms with Crippen LogP contribution in [0.25, 0.3) is 0 Å². The van der Waals surface area contributed by atoms with Crippen LogP contribution < -0.4 is 10.6 Å². The fourth-order valence-corrected chi connectivity index (χ4v) is 2.37. The molecule has 0 aromatic heterocycles. The first kappa shape index (κ1) is 14.1. The van der Waals surface area contributed by atoms with Crippen molar-refractivity contribution in [1.29, 1.82) is 0 Å². The molecule has 1 heterocycles. The van der Waals surface area contributed by atoms with Crippen molar-refractivity contribution < 1.29 is 15.2 Å². The van der Waals surface area contributed by atoms with Crippen LogP contribution in [0.1, 0.15) is 12.0 Å². The van der Waals surface area contributed by atoms with Gasteiger partial charge in [-0.2, -0.15) is 0 Å². The normalized spacial score (nSPS) is 19.4. The molecule has 1 aromatic rings. The molecule has 1 aliphatic heterocycles. The number of non-ortho nitro benzene ring substituents is 1. The van der Waals surface area contributed by atoms with Crippen LogP contribution in [0.15, 0.2) is 23.4 Å². The number of amidine groups is 1. The number of oxime groups is 1. The molecule has 0 radical (unpaired) electrons. The van der Waals surface area contributed by atoms with Gasteiger partial charge in [0.1, 0.15) is 0 Å². The lowest BCUT2D eigenvalue weighted by Gasteiger charge is -2.21. The van der Waals surface area contributed by atoms with Gasteiger partial charge in [0.2, 0.25) is 0 Å². The van der Waals surface area contributed by atoms with E-state index in [0.717, 1.165) is 13.0 Å². The molecular formula is C12H16N4O4. The van der Waals surface area contributed by atoms with E-state index < -0.39 is 4.92 Å². The third-order valence-corrected chi connectivity index (χ3v) is 3.46. The van der Waals surface area contributed by atoms with Crippen molar-refractivity contribution in [2.45, 2.75) is 6.42 Å². The Morgan fingerprint density at radius 3 is 2.90 bits per heavy atom. The zero-order valence-electron chi connectivity index (χ0n) is 10.8. The van der Waals surface area contributed by atoms with Crippen LogP contribution in [-0.4, -0.2) is 40.8 Å². The maximum absolute atomic E-state index is 10.8. The first-order valence-electron chi connectivity index (χ1n) is 6.19. The molecule has 1 aliphatic rings. The maximum atomic E-state index is 10.8. The van der Waals surface area contributed by atoms with Crippen molar-refractivity contribution in [3.8, 4) is 0 Å². The first-order valence-corrected chi connectivity index (χ1v) is 6.19.